The second-order valence-corrected chi connectivity index (χ2v) is 4.18. The molecule has 1 aromatic carbocycles. The molecule has 0 bridgehead atoms. The largest absolute Gasteiger partial charge is 0.454 e. The van der Waals surface area contributed by atoms with Gasteiger partial charge in [0.15, 0.2) is 11.5 Å². The summed E-state index contributed by atoms with van der Waals surface area (Å²) in [5.74, 6) is 1.48. The van der Waals surface area contributed by atoms with E-state index in [0.29, 0.717) is 5.69 Å². The van der Waals surface area contributed by atoms with Gasteiger partial charge in [0.25, 0.3) is 0 Å². The van der Waals surface area contributed by atoms with Crippen molar-refractivity contribution in [2.45, 2.75) is 13.0 Å². The van der Waals surface area contributed by atoms with Crippen molar-refractivity contribution in [1.29, 1.82) is 0 Å². The first-order valence-electron chi connectivity index (χ1n) is 5.79. The minimum absolute atomic E-state index is 0.259. The van der Waals surface area contributed by atoms with Crippen molar-refractivity contribution < 1.29 is 14.6 Å². The van der Waals surface area contributed by atoms with Crippen LogP contribution in [0, 0.1) is 0 Å². The molecule has 0 amide bonds. The number of aliphatic hydroxyl groups is 1. The Labute approximate surface area is 105 Å². The Morgan fingerprint density at radius 2 is 2.06 bits per heavy atom. The van der Waals surface area contributed by atoms with Gasteiger partial charge in [0.2, 0.25) is 6.79 Å². The highest BCUT2D eigenvalue weighted by Crippen LogP contribution is 2.37. The molecule has 1 unspecified atom stereocenters. The van der Waals surface area contributed by atoms with Gasteiger partial charge in [-0.3, -0.25) is 4.98 Å². The number of nitrogens with zero attached hydrogens (tertiary/aromatic N) is 1. The number of aliphatic hydroxyl groups excluding tert-OH is 1. The van der Waals surface area contributed by atoms with Crippen LogP contribution in [-0.2, 0) is 0 Å². The topological polar surface area (TPSA) is 51.6 Å². The predicted octanol–water partition coefficient (Wildman–Crippen LogP) is 2.53. The van der Waals surface area contributed by atoms with Crippen molar-refractivity contribution in [3.05, 3.63) is 42.2 Å². The zero-order valence-electron chi connectivity index (χ0n) is 9.96. The van der Waals surface area contributed by atoms with Gasteiger partial charge >= 0.3 is 0 Å². The van der Waals surface area contributed by atoms with E-state index in [9.17, 15) is 5.11 Å². The van der Waals surface area contributed by atoms with Crippen LogP contribution in [0.5, 0.6) is 11.5 Å². The van der Waals surface area contributed by atoms with Crippen molar-refractivity contribution in [3.8, 4) is 22.6 Å². The summed E-state index contributed by atoms with van der Waals surface area (Å²) in [6.45, 7) is 1.97. The fourth-order valence-electron chi connectivity index (χ4n) is 2.06. The van der Waals surface area contributed by atoms with Crippen LogP contribution in [0.3, 0.4) is 0 Å². The SMILES string of the molecule is CC(O)c1ncccc1-c1ccc2c(c1)OCO2. The van der Waals surface area contributed by atoms with Crippen LogP contribution in [0.4, 0.5) is 0 Å². The molecular weight excluding hydrogens is 230 g/mol. The normalized spacial score (nSPS) is 14.6. The first-order valence-corrected chi connectivity index (χ1v) is 5.79. The maximum atomic E-state index is 9.74. The number of benzene rings is 1. The first kappa shape index (κ1) is 11.0. The second kappa shape index (κ2) is 4.31. The molecule has 0 aliphatic carbocycles. The molecule has 4 nitrogen and oxygen atoms in total. The van der Waals surface area contributed by atoms with E-state index in [1.165, 1.54) is 0 Å². The monoisotopic (exact) mass is 243 g/mol. The third-order valence-corrected chi connectivity index (χ3v) is 2.92. The summed E-state index contributed by atoms with van der Waals surface area (Å²) < 4.78 is 10.6. The molecule has 1 aliphatic rings. The molecule has 2 heterocycles. The molecule has 1 aromatic heterocycles. The summed E-state index contributed by atoms with van der Waals surface area (Å²) in [5, 5.41) is 9.74. The molecule has 0 saturated carbocycles. The van der Waals surface area contributed by atoms with E-state index < -0.39 is 6.10 Å². The number of aromatic nitrogens is 1. The third kappa shape index (κ3) is 1.80. The smallest absolute Gasteiger partial charge is 0.231 e. The number of ether oxygens (including phenoxy) is 2. The van der Waals surface area contributed by atoms with E-state index >= 15 is 0 Å². The van der Waals surface area contributed by atoms with Gasteiger partial charge in [0.05, 0.1) is 11.8 Å². The van der Waals surface area contributed by atoms with E-state index in [1.54, 1.807) is 13.1 Å². The molecule has 0 saturated heterocycles. The van der Waals surface area contributed by atoms with E-state index in [0.717, 1.165) is 22.6 Å². The highest BCUT2D eigenvalue weighted by Gasteiger charge is 2.16. The van der Waals surface area contributed by atoms with E-state index in [1.807, 2.05) is 30.3 Å². The zero-order chi connectivity index (χ0) is 12.5. The standard InChI is InChI=1S/C14H13NO3/c1-9(16)14-11(3-2-6-15-14)10-4-5-12-13(7-10)18-8-17-12/h2-7,9,16H,8H2,1H3. The van der Waals surface area contributed by atoms with Crippen LogP contribution < -0.4 is 9.47 Å². The van der Waals surface area contributed by atoms with Gasteiger partial charge in [-0.15, -0.1) is 0 Å². The fourth-order valence-corrected chi connectivity index (χ4v) is 2.06. The van der Waals surface area contributed by atoms with Crippen molar-refractivity contribution in [2.75, 3.05) is 6.79 Å². The lowest BCUT2D eigenvalue weighted by atomic mass is 10.0. The first-order chi connectivity index (χ1) is 8.75. The minimum Gasteiger partial charge on any atom is -0.454 e. The average molecular weight is 243 g/mol. The molecule has 0 radical (unpaired) electrons. The fraction of sp³-hybridized carbons (Fsp3) is 0.214. The van der Waals surface area contributed by atoms with Gasteiger partial charge in [0.1, 0.15) is 0 Å². The van der Waals surface area contributed by atoms with Crippen LogP contribution in [0.25, 0.3) is 11.1 Å². The summed E-state index contributed by atoms with van der Waals surface area (Å²) >= 11 is 0. The average Bonchev–Trinajstić information content (AvgIpc) is 2.85. The number of hydrogen-bond acceptors (Lipinski definition) is 4. The zero-order valence-corrected chi connectivity index (χ0v) is 9.96. The van der Waals surface area contributed by atoms with Gasteiger partial charge in [-0.05, 0) is 30.7 Å². The Morgan fingerprint density at radius 3 is 2.89 bits per heavy atom. The number of hydrogen-bond donors (Lipinski definition) is 1. The van der Waals surface area contributed by atoms with Gasteiger partial charge in [0, 0.05) is 11.8 Å². The number of rotatable bonds is 2. The van der Waals surface area contributed by atoms with Crippen molar-refractivity contribution in [3.63, 3.8) is 0 Å². The Hall–Kier alpha value is -2.07. The summed E-state index contributed by atoms with van der Waals surface area (Å²) in [6, 6.07) is 9.51. The molecule has 1 N–H and O–H groups in total. The highest BCUT2D eigenvalue weighted by molar-refractivity contribution is 5.69. The Morgan fingerprint density at radius 1 is 1.22 bits per heavy atom. The van der Waals surface area contributed by atoms with Crippen LogP contribution in [0.1, 0.15) is 18.7 Å². The summed E-state index contributed by atoms with van der Waals surface area (Å²) in [4.78, 5) is 4.23. The second-order valence-electron chi connectivity index (χ2n) is 4.18. The lowest BCUT2D eigenvalue weighted by Crippen LogP contribution is -1.98. The molecular formula is C14H13NO3. The molecule has 3 rings (SSSR count). The molecule has 0 spiro atoms. The molecule has 18 heavy (non-hydrogen) atoms. The molecule has 0 fully saturated rings. The van der Waals surface area contributed by atoms with Crippen LogP contribution in [0.15, 0.2) is 36.5 Å². The molecule has 1 atom stereocenters. The molecule has 2 aromatic rings. The maximum Gasteiger partial charge on any atom is 0.231 e. The predicted molar refractivity (Wildman–Crippen MR) is 66.4 cm³/mol. The Kier molecular flexibility index (Phi) is 2.64. The minimum atomic E-state index is -0.605. The summed E-state index contributed by atoms with van der Waals surface area (Å²) in [5.41, 5.74) is 2.53. The van der Waals surface area contributed by atoms with Crippen LogP contribution in [-0.4, -0.2) is 16.9 Å². The van der Waals surface area contributed by atoms with E-state index in [-0.39, 0.29) is 6.79 Å². The lowest BCUT2D eigenvalue weighted by Gasteiger charge is -2.11. The molecule has 1 aliphatic heterocycles. The maximum absolute atomic E-state index is 9.74. The third-order valence-electron chi connectivity index (χ3n) is 2.92. The Balaban J connectivity index is 2.10. The van der Waals surface area contributed by atoms with Crippen molar-refractivity contribution in [2.24, 2.45) is 0 Å². The van der Waals surface area contributed by atoms with Crippen LogP contribution >= 0.6 is 0 Å². The van der Waals surface area contributed by atoms with Gasteiger partial charge < -0.3 is 14.6 Å². The summed E-state index contributed by atoms with van der Waals surface area (Å²) in [7, 11) is 0. The summed E-state index contributed by atoms with van der Waals surface area (Å²) in [6.07, 6.45) is 1.07. The number of pyridine rings is 1. The quantitative estimate of drug-likeness (QED) is 0.880. The van der Waals surface area contributed by atoms with E-state index in [4.69, 9.17) is 9.47 Å². The Bertz CT molecular complexity index is 581. The number of fused-ring (bicyclic) bond motifs is 1. The van der Waals surface area contributed by atoms with Gasteiger partial charge in [-0.25, -0.2) is 0 Å². The molecule has 4 heteroatoms. The van der Waals surface area contributed by atoms with Crippen LogP contribution in [0.2, 0.25) is 0 Å². The van der Waals surface area contributed by atoms with Crippen molar-refractivity contribution >= 4 is 0 Å². The highest BCUT2D eigenvalue weighted by atomic mass is 16.7. The van der Waals surface area contributed by atoms with Crippen molar-refractivity contribution in [1.82, 2.24) is 4.98 Å². The molecule has 92 valence electrons. The van der Waals surface area contributed by atoms with Gasteiger partial charge in [-0.2, -0.15) is 0 Å². The van der Waals surface area contributed by atoms with E-state index in [2.05, 4.69) is 4.98 Å². The lowest BCUT2D eigenvalue weighted by molar-refractivity contribution is 0.174. The van der Waals surface area contributed by atoms with Gasteiger partial charge in [-0.1, -0.05) is 12.1 Å².